The van der Waals surface area contributed by atoms with Gasteiger partial charge in [0.2, 0.25) is 5.13 Å². The highest BCUT2D eigenvalue weighted by Gasteiger charge is 2.19. The van der Waals surface area contributed by atoms with Crippen LogP contribution in [0.25, 0.3) is 5.13 Å². The topological polar surface area (TPSA) is 88.0 Å². The van der Waals surface area contributed by atoms with E-state index >= 15 is 0 Å². The van der Waals surface area contributed by atoms with Crippen molar-refractivity contribution in [1.29, 1.82) is 0 Å². The average molecular weight is 364 g/mol. The minimum Gasteiger partial charge on any atom is -0.477 e. The lowest BCUT2D eigenvalue weighted by Crippen LogP contribution is -2.17. The molecule has 0 spiro atoms. The third-order valence-electron chi connectivity index (χ3n) is 3.66. The van der Waals surface area contributed by atoms with E-state index in [4.69, 9.17) is 16.7 Å². The van der Waals surface area contributed by atoms with Crippen LogP contribution in [0, 0.1) is 13.8 Å². The van der Waals surface area contributed by atoms with Crippen LogP contribution in [0.2, 0.25) is 5.02 Å². The summed E-state index contributed by atoms with van der Waals surface area (Å²) in [5, 5.41) is 13.1. The first-order chi connectivity index (χ1) is 11.4. The first kappa shape index (κ1) is 16.5. The van der Waals surface area contributed by atoms with Gasteiger partial charge >= 0.3 is 5.97 Å². The molecule has 0 amide bonds. The van der Waals surface area contributed by atoms with Crippen LogP contribution in [0.1, 0.15) is 32.2 Å². The predicted molar refractivity (Wildman–Crippen MR) is 92.8 cm³/mol. The molecule has 124 valence electrons. The first-order valence-corrected chi connectivity index (χ1v) is 8.32. The minimum atomic E-state index is -1.05. The third-order valence-corrected chi connectivity index (χ3v) is 5.04. The van der Waals surface area contributed by atoms with Crippen LogP contribution < -0.4 is 5.56 Å². The predicted octanol–water partition coefficient (Wildman–Crippen LogP) is 3.18. The van der Waals surface area contributed by atoms with Crippen molar-refractivity contribution in [1.82, 2.24) is 14.8 Å². The maximum absolute atomic E-state index is 12.7. The van der Waals surface area contributed by atoms with Crippen molar-refractivity contribution in [2.75, 3.05) is 0 Å². The molecule has 0 radical (unpaired) electrons. The number of benzene rings is 1. The Kier molecular flexibility index (Phi) is 4.29. The van der Waals surface area contributed by atoms with E-state index in [1.807, 2.05) is 19.1 Å². The van der Waals surface area contributed by atoms with Crippen molar-refractivity contribution >= 4 is 28.9 Å². The summed E-state index contributed by atoms with van der Waals surface area (Å²) in [6, 6.07) is 7.30. The number of aromatic amines is 1. The average Bonchev–Trinajstić information content (AvgIpc) is 3.04. The zero-order valence-electron chi connectivity index (χ0n) is 13.0. The number of carbonyl (C=O) groups is 1. The van der Waals surface area contributed by atoms with Crippen molar-refractivity contribution in [3.05, 3.63) is 67.0 Å². The number of aromatic carboxylic acids is 1. The second kappa shape index (κ2) is 6.26. The maximum Gasteiger partial charge on any atom is 0.347 e. The van der Waals surface area contributed by atoms with Gasteiger partial charge in [-0.2, -0.15) is 4.68 Å². The number of hydrogen-bond acceptors (Lipinski definition) is 4. The number of halogens is 1. The summed E-state index contributed by atoms with van der Waals surface area (Å²) in [4.78, 5) is 28.1. The summed E-state index contributed by atoms with van der Waals surface area (Å²) in [5.41, 5.74) is 2.46. The summed E-state index contributed by atoms with van der Waals surface area (Å²) in [7, 11) is 0. The van der Waals surface area contributed by atoms with Gasteiger partial charge in [0, 0.05) is 22.7 Å². The fourth-order valence-electron chi connectivity index (χ4n) is 2.41. The van der Waals surface area contributed by atoms with E-state index in [1.165, 1.54) is 4.68 Å². The molecule has 6 nitrogen and oxygen atoms in total. The lowest BCUT2D eigenvalue weighted by Gasteiger charge is -1.99. The van der Waals surface area contributed by atoms with Gasteiger partial charge in [-0.3, -0.25) is 9.89 Å². The monoisotopic (exact) mass is 363 g/mol. The molecule has 2 N–H and O–H groups in total. The van der Waals surface area contributed by atoms with E-state index in [1.54, 1.807) is 19.1 Å². The number of carboxylic acids is 1. The number of aromatic nitrogens is 3. The van der Waals surface area contributed by atoms with Crippen molar-refractivity contribution in [2.24, 2.45) is 0 Å². The molecule has 0 aliphatic rings. The van der Waals surface area contributed by atoms with Crippen LogP contribution in [0.4, 0.5) is 0 Å². The van der Waals surface area contributed by atoms with E-state index in [0.29, 0.717) is 27.8 Å². The standard InChI is InChI=1S/C16H14ClN3O3S/c1-8-12(7-10-3-5-11(17)6-4-10)14(21)20(19-8)16-18-9(2)13(24-16)15(22)23/h3-6,19H,7H2,1-2H3,(H,22,23). The molecular formula is C16H14ClN3O3S. The minimum absolute atomic E-state index is 0.128. The lowest BCUT2D eigenvalue weighted by molar-refractivity contribution is 0.0701. The van der Waals surface area contributed by atoms with Gasteiger partial charge in [0.15, 0.2) is 0 Å². The molecule has 3 aromatic rings. The fourth-order valence-corrected chi connectivity index (χ4v) is 3.40. The normalized spacial score (nSPS) is 11.0. The highest BCUT2D eigenvalue weighted by Crippen LogP contribution is 2.21. The van der Waals surface area contributed by atoms with Crippen LogP contribution in [0.5, 0.6) is 0 Å². The van der Waals surface area contributed by atoms with E-state index in [2.05, 4.69) is 10.1 Å². The molecule has 0 atom stereocenters. The molecule has 2 heterocycles. The number of carboxylic acid groups (broad SMARTS) is 1. The van der Waals surface area contributed by atoms with Crippen molar-refractivity contribution < 1.29 is 9.90 Å². The molecule has 0 aliphatic heterocycles. The van der Waals surface area contributed by atoms with Gasteiger partial charge in [-0.25, -0.2) is 9.78 Å². The molecule has 3 rings (SSSR count). The van der Waals surface area contributed by atoms with Gasteiger partial charge in [0.25, 0.3) is 5.56 Å². The van der Waals surface area contributed by atoms with E-state index in [-0.39, 0.29) is 10.4 Å². The summed E-state index contributed by atoms with van der Waals surface area (Å²) in [5.74, 6) is -1.05. The largest absolute Gasteiger partial charge is 0.477 e. The molecule has 0 saturated heterocycles. The number of thiazole rings is 1. The Hall–Kier alpha value is -2.38. The molecule has 0 fully saturated rings. The van der Waals surface area contributed by atoms with Gasteiger partial charge < -0.3 is 5.11 Å². The molecule has 0 aliphatic carbocycles. The first-order valence-electron chi connectivity index (χ1n) is 7.13. The molecule has 24 heavy (non-hydrogen) atoms. The smallest absolute Gasteiger partial charge is 0.347 e. The molecule has 0 unspecified atom stereocenters. The van der Waals surface area contributed by atoms with Crippen LogP contribution in [0.3, 0.4) is 0 Å². The Labute approximate surface area is 146 Å². The number of hydrogen-bond donors (Lipinski definition) is 2. The zero-order chi connectivity index (χ0) is 17.4. The third kappa shape index (κ3) is 3.00. The Balaban J connectivity index is 2.00. The highest BCUT2D eigenvalue weighted by molar-refractivity contribution is 7.16. The lowest BCUT2D eigenvalue weighted by atomic mass is 10.1. The summed E-state index contributed by atoms with van der Waals surface area (Å²) >= 11 is 6.85. The fraction of sp³-hybridized carbons (Fsp3) is 0.188. The van der Waals surface area contributed by atoms with Crippen LogP contribution in [0.15, 0.2) is 29.1 Å². The summed E-state index contributed by atoms with van der Waals surface area (Å²) in [6.07, 6.45) is 0.460. The molecule has 0 saturated carbocycles. The van der Waals surface area contributed by atoms with Crippen LogP contribution >= 0.6 is 22.9 Å². The van der Waals surface area contributed by atoms with E-state index in [0.717, 1.165) is 22.6 Å². The summed E-state index contributed by atoms with van der Waals surface area (Å²) < 4.78 is 1.30. The van der Waals surface area contributed by atoms with Gasteiger partial charge in [-0.15, -0.1) is 0 Å². The number of nitrogens with zero attached hydrogens (tertiary/aromatic N) is 2. The van der Waals surface area contributed by atoms with Gasteiger partial charge in [-0.05, 0) is 31.5 Å². The molecule has 2 aromatic heterocycles. The van der Waals surface area contributed by atoms with E-state index < -0.39 is 5.97 Å². The number of aryl methyl sites for hydroxylation is 2. The zero-order valence-corrected chi connectivity index (χ0v) is 14.5. The van der Waals surface area contributed by atoms with Gasteiger partial charge in [0.1, 0.15) is 4.88 Å². The SMILES string of the molecule is Cc1nc(-n2[nH]c(C)c(Cc3ccc(Cl)cc3)c2=O)sc1C(=O)O. The quantitative estimate of drug-likeness (QED) is 0.745. The summed E-state index contributed by atoms with van der Waals surface area (Å²) in [6.45, 7) is 3.42. The van der Waals surface area contributed by atoms with Crippen LogP contribution in [-0.4, -0.2) is 25.8 Å². The highest BCUT2D eigenvalue weighted by atomic mass is 35.5. The number of H-pyrrole nitrogens is 1. The molecular weight excluding hydrogens is 350 g/mol. The second-order valence-electron chi connectivity index (χ2n) is 5.38. The Bertz CT molecular complexity index is 970. The van der Waals surface area contributed by atoms with Gasteiger partial charge in [0.05, 0.1) is 5.69 Å². The Morgan fingerprint density at radius 3 is 2.58 bits per heavy atom. The van der Waals surface area contributed by atoms with Gasteiger partial charge in [-0.1, -0.05) is 35.1 Å². The van der Waals surface area contributed by atoms with E-state index in [9.17, 15) is 9.59 Å². The Morgan fingerprint density at radius 1 is 1.33 bits per heavy atom. The van der Waals surface area contributed by atoms with Crippen molar-refractivity contribution in [3.8, 4) is 5.13 Å². The molecule has 1 aromatic carbocycles. The second-order valence-corrected chi connectivity index (χ2v) is 6.79. The van der Waals surface area contributed by atoms with Crippen LogP contribution in [-0.2, 0) is 6.42 Å². The van der Waals surface area contributed by atoms with Crippen molar-refractivity contribution in [2.45, 2.75) is 20.3 Å². The van der Waals surface area contributed by atoms with Crippen molar-refractivity contribution in [3.63, 3.8) is 0 Å². The molecule has 8 heteroatoms. The number of nitrogens with one attached hydrogen (secondary N) is 1. The number of rotatable bonds is 4. The molecule has 0 bridgehead atoms. The Morgan fingerprint density at radius 2 is 2.00 bits per heavy atom. The maximum atomic E-state index is 12.7.